The molecule has 2 amide bonds. The molecule has 428 valence electrons. The number of hydrogen-bond donors (Lipinski definition) is 3. The van der Waals surface area contributed by atoms with Gasteiger partial charge in [-0.05, 0) is 144 Å². The Labute approximate surface area is 440 Å². The van der Waals surface area contributed by atoms with Crippen LogP contribution >= 0.6 is 23.5 Å². The van der Waals surface area contributed by atoms with Crippen molar-refractivity contribution in [1.82, 2.24) is 10.6 Å². The van der Waals surface area contributed by atoms with Crippen molar-refractivity contribution in [3.8, 4) is 0 Å². The molecule has 0 bridgehead atoms. The third-order valence-corrected chi connectivity index (χ3v) is 17.9. The Morgan fingerprint density at radius 1 is 0.514 bits per heavy atom. The number of thioether (sulfide) groups is 2. The van der Waals surface area contributed by atoms with Crippen molar-refractivity contribution >= 4 is 95.4 Å². The van der Waals surface area contributed by atoms with Crippen molar-refractivity contribution in [2.24, 2.45) is 0 Å². The molecule has 2 saturated heterocycles. The van der Waals surface area contributed by atoms with Crippen LogP contribution in [0.4, 0.5) is 26.3 Å². The quantitative estimate of drug-likeness (QED) is 0.0532. The maximum Gasteiger partial charge on any atom is 0.471 e. The van der Waals surface area contributed by atoms with Crippen molar-refractivity contribution in [3.63, 3.8) is 0 Å². The first-order valence-electron chi connectivity index (χ1n) is 23.5. The van der Waals surface area contributed by atoms with Crippen LogP contribution in [0.5, 0.6) is 0 Å². The van der Waals surface area contributed by atoms with E-state index in [2.05, 4.69) is 0 Å². The van der Waals surface area contributed by atoms with Gasteiger partial charge in [0.05, 0.1) is 30.5 Å². The van der Waals surface area contributed by atoms with E-state index in [4.69, 9.17) is 40.2 Å². The molecule has 2 aliphatic heterocycles. The first-order chi connectivity index (χ1) is 31.8. The summed E-state index contributed by atoms with van der Waals surface area (Å²) in [6.07, 6.45) is -15.4. The molecule has 2 rings (SSSR count). The summed E-state index contributed by atoms with van der Waals surface area (Å²) in [5.74, 6) is -4.39. The first-order valence-corrected chi connectivity index (χ1v) is 48.4. The number of aliphatic hydroxyl groups excluding tert-OH is 1. The number of nitrogens with one attached hydrogen (secondary N) is 2. The molecular formula is C41H86F6N2O14S3Si6. The highest BCUT2D eigenvalue weighted by Gasteiger charge is 2.57. The van der Waals surface area contributed by atoms with Gasteiger partial charge in [0, 0.05) is 0 Å². The van der Waals surface area contributed by atoms with Crippen molar-refractivity contribution in [2.45, 2.75) is 228 Å². The van der Waals surface area contributed by atoms with Gasteiger partial charge >= 0.3 is 24.2 Å². The Bertz CT molecular complexity index is 1850. The highest BCUT2D eigenvalue weighted by molar-refractivity contribution is 7.99. The molecule has 72 heavy (non-hydrogen) atoms. The van der Waals surface area contributed by atoms with Crippen LogP contribution in [-0.4, -0.2) is 190 Å². The number of carbonyl (C=O) groups excluding carboxylic acids is 2. The average Bonchev–Trinajstić information content (AvgIpc) is 3.11. The third-order valence-electron chi connectivity index (χ3n) is 9.63. The molecule has 4 unspecified atom stereocenters. The van der Waals surface area contributed by atoms with Crippen LogP contribution < -0.4 is 10.6 Å². The van der Waals surface area contributed by atoms with E-state index < -0.39 is 168 Å². The van der Waals surface area contributed by atoms with Crippen molar-refractivity contribution in [2.75, 3.05) is 18.8 Å². The molecule has 0 radical (unpaired) electrons. The molecule has 0 spiro atoms. The summed E-state index contributed by atoms with van der Waals surface area (Å²) in [6.45, 7) is 38.3. The van der Waals surface area contributed by atoms with E-state index in [-0.39, 0.29) is 0 Å². The minimum Gasteiger partial charge on any atom is -0.409 e. The number of hydrogen-bond acceptors (Lipinski definition) is 16. The summed E-state index contributed by atoms with van der Waals surface area (Å²) in [5, 5.41) is 14.3. The predicted octanol–water partition coefficient (Wildman–Crippen LogP) is 8.31. The minimum atomic E-state index is -5.22. The second-order valence-electron chi connectivity index (χ2n) is 23.8. The normalized spacial score (nSPS) is 28.2. The van der Waals surface area contributed by atoms with Gasteiger partial charge in [-0.3, -0.25) is 13.8 Å². The second kappa shape index (κ2) is 26.4. The first kappa shape index (κ1) is 70.1. The minimum absolute atomic E-state index is 0.529. The molecule has 2 heterocycles. The van der Waals surface area contributed by atoms with E-state index in [0.717, 1.165) is 6.26 Å². The zero-order valence-corrected chi connectivity index (χ0v) is 54.8. The number of carbonyl (C=O) groups is 2. The Hall–Kier alpha value is 0.0713. The topological polar surface area (TPSA) is 196 Å². The van der Waals surface area contributed by atoms with Crippen LogP contribution in [0.3, 0.4) is 0 Å². The summed E-state index contributed by atoms with van der Waals surface area (Å²) in [5.41, 5.74) is -1.30. The number of ether oxygens (including phenoxy) is 2. The molecule has 14 atom stereocenters. The highest BCUT2D eigenvalue weighted by atomic mass is 32.2. The molecular weight excluding hydrogens is 1120 g/mol. The van der Waals surface area contributed by atoms with Crippen molar-refractivity contribution < 1.29 is 89.7 Å². The van der Waals surface area contributed by atoms with Crippen LogP contribution in [0, 0.1) is 0 Å². The van der Waals surface area contributed by atoms with E-state index in [1.165, 1.54) is 37.4 Å². The fourth-order valence-corrected chi connectivity index (χ4v) is 16.4. The van der Waals surface area contributed by atoms with E-state index in [1.807, 2.05) is 135 Å². The van der Waals surface area contributed by atoms with E-state index >= 15 is 0 Å². The molecule has 16 nitrogen and oxygen atoms in total. The van der Waals surface area contributed by atoms with Gasteiger partial charge in [0.25, 0.3) is 10.1 Å². The van der Waals surface area contributed by atoms with Gasteiger partial charge in [-0.15, -0.1) is 23.5 Å². The van der Waals surface area contributed by atoms with Crippen LogP contribution in [0.1, 0.15) is 13.8 Å². The lowest BCUT2D eigenvalue weighted by molar-refractivity contribution is -0.202. The molecule has 31 heteroatoms. The Balaban J connectivity index is 0.000000724. The van der Waals surface area contributed by atoms with Crippen LogP contribution in [0.15, 0.2) is 0 Å². The van der Waals surface area contributed by atoms with Gasteiger partial charge < -0.3 is 51.8 Å². The molecule has 0 aliphatic carbocycles. The molecule has 0 saturated carbocycles. The number of rotatable bonds is 22. The monoisotopic (exact) mass is 1210 g/mol. The van der Waals surface area contributed by atoms with Crippen LogP contribution in [0.25, 0.3) is 0 Å². The second-order valence-corrected chi connectivity index (χ2v) is 54.1. The lowest BCUT2D eigenvalue weighted by Gasteiger charge is -2.52. The Morgan fingerprint density at radius 3 is 1.00 bits per heavy atom. The SMILES string of the molecule is CSC1O[C@H]([C@H](NC(=O)C(F)(F)F)[C@@H](C)O)C(O[Si](C)(C)C)[C@@H](O[Si](C)(C)C)[C@H]1O[Si](C)(C)C.CSC1O[C@H]([C@H](NC(=O)C(F)(F)F)[C@@H](C)OS(C)(=O)=O)C(O[Si](C)(C)C)[C@@H](O[Si](C)(C)C)[C@H]1O[Si](C)(C)C. The Kier molecular flexibility index (Phi) is 25.7. The number of aliphatic hydroxyl groups is 1. The maximum atomic E-state index is 13.4. The van der Waals surface area contributed by atoms with Gasteiger partial charge in [-0.25, -0.2) is 0 Å². The van der Waals surface area contributed by atoms with Crippen molar-refractivity contribution in [3.05, 3.63) is 0 Å². The smallest absolute Gasteiger partial charge is 0.409 e. The number of amides is 2. The summed E-state index contributed by atoms with van der Waals surface area (Å²) in [6, 6.07) is -2.92. The van der Waals surface area contributed by atoms with Gasteiger partial charge in [-0.1, -0.05) is 0 Å². The predicted molar refractivity (Wildman–Crippen MR) is 287 cm³/mol. The van der Waals surface area contributed by atoms with E-state index in [1.54, 1.807) is 6.26 Å². The molecule has 0 aromatic carbocycles. The molecule has 2 aliphatic rings. The molecule has 0 aromatic heterocycles. The van der Waals surface area contributed by atoms with Crippen LogP contribution in [0.2, 0.25) is 118 Å². The lowest BCUT2D eigenvalue weighted by atomic mass is 9.92. The lowest BCUT2D eigenvalue weighted by Crippen LogP contribution is -2.70. The van der Waals surface area contributed by atoms with Gasteiger partial charge in [0.2, 0.25) is 0 Å². The largest absolute Gasteiger partial charge is 0.471 e. The molecule has 0 aromatic rings. The van der Waals surface area contributed by atoms with E-state index in [9.17, 15) is 49.5 Å². The highest BCUT2D eigenvalue weighted by Crippen LogP contribution is 2.41. The summed E-state index contributed by atoms with van der Waals surface area (Å²) >= 11 is 2.64. The zero-order chi connectivity index (χ0) is 56.9. The molecule has 2 fully saturated rings. The summed E-state index contributed by atoms with van der Waals surface area (Å²) in [4.78, 5) is 24.0. The van der Waals surface area contributed by atoms with Gasteiger partial charge in [-0.2, -0.15) is 34.8 Å². The zero-order valence-electron chi connectivity index (χ0n) is 46.3. The average molecular weight is 1210 g/mol. The maximum absolute atomic E-state index is 13.4. The molecule has 3 N–H and O–H groups in total. The third kappa shape index (κ3) is 25.2. The fourth-order valence-electron chi connectivity index (χ4n) is 7.61. The Morgan fingerprint density at radius 2 is 0.764 bits per heavy atom. The number of halogens is 6. The van der Waals surface area contributed by atoms with Crippen LogP contribution in [-0.2, 0) is 59.9 Å². The number of alkyl halides is 6. The van der Waals surface area contributed by atoms with E-state index in [0.29, 0.717) is 0 Å². The van der Waals surface area contributed by atoms with Crippen molar-refractivity contribution in [1.29, 1.82) is 0 Å². The van der Waals surface area contributed by atoms with Gasteiger partial charge in [0.1, 0.15) is 59.7 Å². The van der Waals surface area contributed by atoms with Gasteiger partial charge in [0.15, 0.2) is 49.9 Å². The standard InChI is InChI=1S/C21H44F3NO8S2Si3.C20H42F3NO6SSi3/c1-13(30-35(3,27)28)14(25-20(26)21(22,23)24)15-16(31-36(4,5)6)17(32-37(7,8)9)18(19(29-15)34-2)33-38(10,11)12;1-12(25)13(24-19(26)20(21,22)23)14-15(28-32(3,4)5)16(29-33(6,7)8)17(18(27-14)31-2)30-34(9,10)11/h13-19H,1-12H3,(H,25,26);12-18,25H,1-11H3,(H,24,26)/t13-,14-,15-,16?,17-,18-,19?;12-,13-,14-,15?,16-,17-,18?/m11/s1. The summed E-state index contributed by atoms with van der Waals surface area (Å²) < 4.78 is 160. The fraction of sp³-hybridized carbons (Fsp3) is 0.951. The summed E-state index contributed by atoms with van der Waals surface area (Å²) in [7, 11) is -17.6.